The van der Waals surface area contributed by atoms with Crippen LogP contribution in [0.5, 0.6) is 0 Å². The van der Waals surface area contributed by atoms with Gasteiger partial charge in [0.05, 0.1) is 0 Å². The molecule has 0 aromatic carbocycles. The predicted octanol–water partition coefficient (Wildman–Crippen LogP) is 1.30. The molecule has 0 bridgehead atoms. The second kappa shape index (κ2) is 3.66. The van der Waals surface area contributed by atoms with Gasteiger partial charge in [0.1, 0.15) is 6.61 Å². The lowest BCUT2D eigenvalue weighted by atomic mass is 10.1. The highest BCUT2D eigenvalue weighted by Gasteiger charge is 2.54. The van der Waals surface area contributed by atoms with Gasteiger partial charge in [0.2, 0.25) is 6.17 Å². The minimum atomic E-state index is -1.71. The molecule has 5 heteroatoms. The zero-order valence-electron chi connectivity index (χ0n) is 7.84. The maximum absolute atomic E-state index is 13.5. The number of halogens is 2. The van der Waals surface area contributed by atoms with Gasteiger partial charge in [0.25, 0.3) is 0 Å². The van der Waals surface area contributed by atoms with Crippen LogP contribution in [0.4, 0.5) is 4.39 Å². The largest absolute Gasteiger partial charge is 0.460 e. The van der Waals surface area contributed by atoms with Crippen LogP contribution in [-0.4, -0.2) is 41.7 Å². The Labute approximate surface area is 87.2 Å². The van der Waals surface area contributed by atoms with Crippen molar-refractivity contribution in [3.63, 3.8) is 0 Å². The van der Waals surface area contributed by atoms with Crippen molar-refractivity contribution in [1.29, 1.82) is 0 Å². The maximum atomic E-state index is 13.5. The topological polar surface area (TPSA) is 29.5 Å². The molecule has 0 spiro atoms. The number of piperidine rings is 1. The zero-order chi connectivity index (χ0) is 10.2. The van der Waals surface area contributed by atoms with E-state index in [2.05, 4.69) is 4.74 Å². The summed E-state index contributed by atoms with van der Waals surface area (Å²) in [5.74, 6) is -0.828. The van der Waals surface area contributed by atoms with Crippen molar-refractivity contribution in [2.24, 2.45) is 0 Å². The number of hydrogen-bond donors (Lipinski definition) is 0. The predicted molar refractivity (Wildman–Crippen MR) is 49.9 cm³/mol. The molecule has 14 heavy (non-hydrogen) atoms. The molecule has 0 aromatic heterocycles. The van der Waals surface area contributed by atoms with Crippen LogP contribution >= 0.6 is 11.6 Å². The van der Waals surface area contributed by atoms with Crippen molar-refractivity contribution in [3.05, 3.63) is 0 Å². The average molecular weight is 222 g/mol. The molecule has 2 aliphatic heterocycles. The van der Waals surface area contributed by atoms with Gasteiger partial charge in [-0.15, -0.1) is 0 Å². The molecule has 2 saturated heterocycles. The van der Waals surface area contributed by atoms with Crippen molar-refractivity contribution in [2.75, 3.05) is 19.7 Å². The maximum Gasteiger partial charge on any atom is 0.344 e. The molecule has 2 aliphatic rings. The standard InChI is InChI=1S/C9H13ClFNO2/c10-9(6-14-8(13)7(9)11)12-4-2-1-3-5-12/h7H,1-6H2. The third kappa shape index (κ3) is 1.50. The van der Waals surface area contributed by atoms with Crippen LogP contribution in [0.15, 0.2) is 0 Å². The molecule has 2 atom stereocenters. The molecular formula is C9H13ClFNO2. The van der Waals surface area contributed by atoms with Gasteiger partial charge in [0.15, 0.2) is 5.00 Å². The van der Waals surface area contributed by atoms with Crippen LogP contribution < -0.4 is 0 Å². The Bertz CT molecular complexity index is 245. The van der Waals surface area contributed by atoms with Gasteiger partial charge in [-0.3, -0.25) is 4.90 Å². The summed E-state index contributed by atoms with van der Waals surface area (Å²) in [6.07, 6.45) is 1.46. The number of alkyl halides is 2. The van der Waals surface area contributed by atoms with Crippen molar-refractivity contribution < 1.29 is 13.9 Å². The highest BCUT2D eigenvalue weighted by molar-refractivity contribution is 6.26. The summed E-state index contributed by atoms with van der Waals surface area (Å²) in [5.41, 5.74) is 0. The molecule has 0 radical (unpaired) electrons. The molecule has 0 aliphatic carbocycles. The van der Waals surface area contributed by atoms with E-state index < -0.39 is 17.1 Å². The van der Waals surface area contributed by atoms with Gasteiger partial charge < -0.3 is 4.74 Å². The first kappa shape index (κ1) is 10.2. The SMILES string of the molecule is O=C1OCC(Cl)(N2CCCCC2)C1F. The van der Waals surface area contributed by atoms with Gasteiger partial charge in [-0.2, -0.15) is 0 Å². The number of nitrogens with zero attached hydrogens (tertiary/aromatic N) is 1. The Morgan fingerprint density at radius 2 is 2.07 bits per heavy atom. The molecule has 2 heterocycles. The van der Waals surface area contributed by atoms with E-state index in [1.807, 2.05) is 4.90 Å². The monoisotopic (exact) mass is 221 g/mol. The number of likely N-dealkylation sites (tertiary alicyclic amines) is 1. The number of esters is 1. The smallest absolute Gasteiger partial charge is 0.344 e. The second-order valence-corrected chi connectivity index (χ2v) is 4.49. The summed E-state index contributed by atoms with van der Waals surface area (Å²) >= 11 is 6.10. The fourth-order valence-electron chi connectivity index (χ4n) is 2.02. The third-order valence-electron chi connectivity index (χ3n) is 2.89. The lowest BCUT2D eigenvalue weighted by Crippen LogP contribution is -2.53. The fourth-order valence-corrected chi connectivity index (χ4v) is 2.33. The van der Waals surface area contributed by atoms with E-state index in [-0.39, 0.29) is 6.61 Å². The van der Waals surface area contributed by atoms with Crippen LogP contribution in [0, 0.1) is 0 Å². The quantitative estimate of drug-likeness (QED) is 0.380. The fraction of sp³-hybridized carbons (Fsp3) is 0.889. The number of carbonyl (C=O) groups excluding carboxylic acids is 1. The Morgan fingerprint density at radius 1 is 1.43 bits per heavy atom. The molecule has 2 fully saturated rings. The van der Waals surface area contributed by atoms with E-state index in [0.29, 0.717) is 0 Å². The van der Waals surface area contributed by atoms with Gasteiger partial charge in [-0.25, -0.2) is 9.18 Å². The van der Waals surface area contributed by atoms with E-state index >= 15 is 0 Å². The number of carbonyl (C=O) groups is 1. The Kier molecular flexibility index (Phi) is 2.66. The van der Waals surface area contributed by atoms with Crippen molar-refractivity contribution >= 4 is 17.6 Å². The molecule has 80 valence electrons. The Balaban J connectivity index is 2.10. The molecule has 2 rings (SSSR count). The van der Waals surface area contributed by atoms with Crippen LogP contribution in [0.3, 0.4) is 0 Å². The van der Waals surface area contributed by atoms with E-state index in [1.165, 1.54) is 0 Å². The second-order valence-electron chi connectivity index (χ2n) is 3.84. The summed E-state index contributed by atoms with van der Waals surface area (Å²) in [6, 6.07) is 0. The minimum Gasteiger partial charge on any atom is -0.460 e. The van der Waals surface area contributed by atoms with Crippen molar-refractivity contribution in [1.82, 2.24) is 4.90 Å². The van der Waals surface area contributed by atoms with E-state index in [9.17, 15) is 9.18 Å². The van der Waals surface area contributed by atoms with Crippen molar-refractivity contribution in [2.45, 2.75) is 30.4 Å². The summed E-state index contributed by atoms with van der Waals surface area (Å²) in [6.45, 7) is 1.47. The lowest BCUT2D eigenvalue weighted by Gasteiger charge is -2.37. The van der Waals surface area contributed by atoms with Crippen LogP contribution in [0.1, 0.15) is 19.3 Å². The lowest BCUT2D eigenvalue weighted by molar-refractivity contribution is -0.142. The van der Waals surface area contributed by atoms with Gasteiger partial charge in [0, 0.05) is 13.1 Å². The van der Waals surface area contributed by atoms with Crippen LogP contribution in [0.2, 0.25) is 0 Å². The first-order valence-corrected chi connectivity index (χ1v) is 5.27. The minimum absolute atomic E-state index is 0.0332. The summed E-state index contributed by atoms with van der Waals surface area (Å²) in [4.78, 5) is 11.5. The Morgan fingerprint density at radius 3 is 2.57 bits per heavy atom. The molecule has 2 unspecified atom stereocenters. The van der Waals surface area contributed by atoms with Gasteiger partial charge in [-0.05, 0) is 12.8 Å². The number of rotatable bonds is 1. The number of ether oxygens (including phenoxy) is 1. The highest BCUT2D eigenvalue weighted by Crippen LogP contribution is 2.35. The molecule has 0 amide bonds. The van der Waals surface area contributed by atoms with Crippen molar-refractivity contribution in [3.8, 4) is 0 Å². The van der Waals surface area contributed by atoms with E-state index in [1.54, 1.807) is 0 Å². The molecular weight excluding hydrogens is 209 g/mol. The molecule has 0 saturated carbocycles. The molecule has 3 nitrogen and oxygen atoms in total. The summed E-state index contributed by atoms with van der Waals surface area (Å²) < 4.78 is 18.1. The third-order valence-corrected chi connectivity index (χ3v) is 3.43. The van der Waals surface area contributed by atoms with Gasteiger partial charge >= 0.3 is 5.97 Å². The number of cyclic esters (lactones) is 1. The van der Waals surface area contributed by atoms with E-state index in [4.69, 9.17) is 11.6 Å². The first-order valence-electron chi connectivity index (χ1n) is 4.89. The molecule has 0 N–H and O–H groups in total. The average Bonchev–Trinajstić information content (AvgIpc) is 2.49. The normalized spacial score (nSPS) is 39.9. The molecule has 0 aromatic rings. The summed E-state index contributed by atoms with van der Waals surface area (Å²) in [7, 11) is 0. The highest BCUT2D eigenvalue weighted by atomic mass is 35.5. The van der Waals surface area contributed by atoms with Crippen LogP contribution in [0.25, 0.3) is 0 Å². The zero-order valence-corrected chi connectivity index (χ0v) is 8.60. The van der Waals surface area contributed by atoms with E-state index in [0.717, 1.165) is 32.4 Å². The Hall–Kier alpha value is -0.350. The van der Waals surface area contributed by atoms with Gasteiger partial charge in [-0.1, -0.05) is 18.0 Å². The summed E-state index contributed by atoms with van der Waals surface area (Å²) in [5, 5.41) is 0. The number of hydrogen-bond acceptors (Lipinski definition) is 3. The first-order chi connectivity index (χ1) is 6.64. The van der Waals surface area contributed by atoms with Crippen LogP contribution in [-0.2, 0) is 9.53 Å².